The third-order valence-corrected chi connectivity index (χ3v) is 3.41. The predicted molar refractivity (Wildman–Crippen MR) is 71.4 cm³/mol. The van der Waals surface area contributed by atoms with Gasteiger partial charge in [-0.15, -0.1) is 0 Å². The van der Waals surface area contributed by atoms with Crippen LogP contribution < -0.4 is 5.73 Å². The highest BCUT2D eigenvalue weighted by Crippen LogP contribution is 2.29. The Morgan fingerprint density at radius 2 is 2.22 bits per heavy atom. The van der Waals surface area contributed by atoms with Crippen molar-refractivity contribution < 1.29 is 5.21 Å². The first kappa shape index (κ1) is 11.1. The van der Waals surface area contributed by atoms with Gasteiger partial charge in [0, 0.05) is 18.7 Å². The summed E-state index contributed by atoms with van der Waals surface area (Å²) in [6.07, 6.45) is 4.86. The van der Waals surface area contributed by atoms with E-state index in [1.54, 1.807) is 18.3 Å². The number of hydrogen-bond donors (Lipinski definition) is 2. The molecule has 1 aliphatic rings. The van der Waals surface area contributed by atoms with E-state index in [2.05, 4.69) is 23.0 Å². The Morgan fingerprint density at radius 3 is 2.94 bits per heavy atom. The van der Waals surface area contributed by atoms with E-state index in [9.17, 15) is 5.21 Å². The second kappa shape index (κ2) is 4.03. The molecule has 0 fully saturated rings. The Labute approximate surface area is 105 Å². The van der Waals surface area contributed by atoms with Crippen molar-refractivity contribution in [3.8, 4) is 0 Å². The summed E-state index contributed by atoms with van der Waals surface area (Å²) < 4.78 is 1.12. The van der Waals surface area contributed by atoms with Crippen LogP contribution in [0.5, 0.6) is 0 Å². The fourth-order valence-corrected chi connectivity index (χ4v) is 2.35. The van der Waals surface area contributed by atoms with Crippen molar-refractivity contribution in [2.45, 2.75) is 6.42 Å². The maximum Gasteiger partial charge on any atom is 0.124 e. The molecule has 0 unspecified atom stereocenters. The molecule has 2 aromatic heterocycles. The van der Waals surface area contributed by atoms with Crippen molar-refractivity contribution in [1.82, 2.24) is 14.6 Å². The number of likely N-dealkylation sites (N-methyl/N-ethyl adjacent to an activating group) is 1. The molecule has 94 valence electrons. The van der Waals surface area contributed by atoms with Crippen LogP contribution in [0.15, 0.2) is 24.4 Å². The van der Waals surface area contributed by atoms with Crippen molar-refractivity contribution >= 4 is 22.4 Å². The van der Waals surface area contributed by atoms with Crippen LogP contribution >= 0.6 is 0 Å². The maximum atomic E-state index is 9.86. The van der Waals surface area contributed by atoms with Crippen LogP contribution in [-0.2, 0) is 0 Å². The van der Waals surface area contributed by atoms with Gasteiger partial charge in [-0.05, 0) is 31.2 Å². The minimum atomic E-state index is 0.475. The van der Waals surface area contributed by atoms with Gasteiger partial charge in [0.2, 0.25) is 0 Å². The van der Waals surface area contributed by atoms with Crippen LogP contribution in [0, 0.1) is 0 Å². The fraction of sp³-hybridized carbons (Fsp3) is 0.308. The van der Waals surface area contributed by atoms with Gasteiger partial charge in [-0.25, -0.2) is 4.98 Å². The van der Waals surface area contributed by atoms with Crippen LogP contribution in [0.4, 0.5) is 5.82 Å². The Balaban J connectivity index is 2.14. The number of rotatable bonds is 1. The zero-order chi connectivity index (χ0) is 12.7. The molecule has 1 aliphatic heterocycles. The zero-order valence-corrected chi connectivity index (χ0v) is 10.3. The van der Waals surface area contributed by atoms with Gasteiger partial charge in [0.05, 0.1) is 6.20 Å². The first-order valence-corrected chi connectivity index (χ1v) is 6.00. The first-order chi connectivity index (χ1) is 8.65. The molecule has 3 heterocycles. The molecule has 0 aromatic carbocycles. The second-order valence-electron chi connectivity index (χ2n) is 4.73. The molecule has 0 aliphatic carbocycles. The molecule has 5 heteroatoms. The minimum absolute atomic E-state index is 0.475. The quantitative estimate of drug-likeness (QED) is 0.747. The highest BCUT2D eigenvalue weighted by molar-refractivity contribution is 5.91. The Kier molecular flexibility index (Phi) is 2.48. The third kappa shape index (κ3) is 1.73. The number of nitrogens with two attached hydrogens (primary N) is 1. The van der Waals surface area contributed by atoms with Crippen molar-refractivity contribution in [2.24, 2.45) is 0 Å². The van der Waals surface area contributed by atoms with Crippen molar-refractivity contribution in [1.29, 1.82) is 0 Å². The Bertz CT molecular complexity index is 629. The molecule has 18 heavy (non-hydrogen) atoms. The molecule has 0 bridgehead atoms. The van der Waals surface area contributed by atoms with Crippen molar-refractivity contribution in [3.63, 3.8) is 0 Å². The molecule has 0 atom stereocenters. The van der Waals surface area contributed by atoms with Crippen LogP contribution in [-0.4, -0.2) is 40.0 Å². The molecule has 0 amide bonds. The third-order valence-electron chi connectivity index (χ3n) is 3.41. The summed E-state index contributed by atoms with van der Waals surface area (Å²) in [6.45, 7) is 1.95. The van der Waals surface area contributed by atoms with Crippen LogP contribution in [0.2, 0.25) is 0 Å². The zero-order valence-electron chi connectivity index (χ0n) is 10.3. The summed E-state index contributed by atoms with van der Waals surface area (Å²) >= 11 is 0. The average molecular weight is 244 g/mol. The SMILES string of the molecule is CN1CC=C(c2cn(O)c3ccc(N)nc23)CC1. The minimum Gasteiger partial charge on any atom is -0.428 e. The lowest BCUT2D eigenvalue weighted by Crippen LogP contribution is -2.23. The van der Waals surface area contributed by atoms with E-state index in [-0.39, 0.29) is 0 Å². The van der Waals surface area contributed by atoms with Gasteiger partial charge in [0.1, 0.15) is 16.9 Å². The van der Waals surface area contributed by atoms with E-state index in [4.69, 9.17) is 5.73 Å². The highest BCUT2D eigenvalue weighted by atomic mass is 16.5. The molecule has 0 radical (unpaired) electrons. The summed E-state index contributed by atoms with van der Waals surface area (Å²) in [4.78, 5) is 6.59. The number of fused-ring (bicyclic) bond motifs is 1. The lowest BCUT2D eigenvalue weighted by atomic mass is 10.0. The lowest BCUT2D eigenvalue weighted by Gasteiger charge is -2.21. The molecule has 3 N–H and O–H groups in total. The van der Waals surface area contributed by atoms with Gasteiger partial charge in [0.15, 0.2) is 0 Å². The maximum absolute atomic E-state index is 9.86. The van der Waals surface area contributed by atoms with Gasteiger partial charge < -0.3 is 15.8 Å². The number of anilines is 1. The monoisotopic (exact) mass is 244 g/mol. The normalized spacial score (nSPS) is 17.1. The molecule has 0 saturated carbocycles. The van der Waals surface area contributed by atoms with Crippen molar-refractivity contribution in [2.75, 3.05) is 25.9 Å². The lowest BCUT2D eigenvalue weighted by molar-refractivity contribution is 0.200. The predicted octanol–water partition coefficient (Wildman–Crippen LogP) is 1.57. The average Bonchev–Trinajstić information content (AvgIpc) is 2.67. The van der Waals surface area contributed by atoms with Gasteiger partial charge in [-0.1, -0.05) is 6.08 Å². The largest absolute Gasteiger partial charge is 0.428 e. The number of hydrogen-bond acceptors (Lipinski definition) is 4. The van der Waals surface area contributed by atoms with Gasteiger partial charge in [0.25, 0.3) is 0 Å². The van der Waals surface area contributed by atoms with E-state index in [1.165, 1.54) is 5.57 Å². The summed E-state index contributed by atoms with van der Waals surface area (Å²) in [5, 5.41) is 9.86. The topological polar surface area (TPSA) is 67.3 Å². The number of nitrogens with zero attached hydrogens (tertiary/aromatic N) is 3. The summed E-state index contributed by atoms with van der Waals surface area (Å²) in [5.74, 6) is 0.475. The molecular weight excluding hydrogens is 228 g/mol. The summed E-state index contributed by atoms with van der Waals surface area (Å²) in [7, 11) is 2.10. The molecule has 0 saturated heterocycles. The number of aromatic nitrogens is 2. The standard InChI is InChI=1S/C13H16N4O/c1-16-6-4-9(5-7-16)10-8-17(18)11-2-3-12(14)15-13(10)11/h2-4,8,18H,5-7H2,1H3,(H2,14,15). The molecule has 2 aromatic rings. The van der Waals surface area contributed by atoms with E-state index in [1.807, 2.05) is 0 Å². The van der Waals surface area contributed by atoms with E-state index >= 15 is 0 Å². The summed E-state index contributed by atoms with van der Waals surface area (Å²) in [5.41, 5.74) is 9.39. The van der Waals surface area contributed by atoms with Gasteiger partial charge >= 0.3 is 0 Å². The Morgan fingerprint density at radius 1 is 1.39 bits per heavy atom. The number of nitrogen functional groups attached to an aromatic ring is 1. The molecular formula is C13H16N4O. The van der Waals surface area contributed by atoms with Crippen LogP contribution in [0.25, 0.3) is 16.6 Å². The first-order valence-electron chi connectivity index (χ1n) is 6.00. The highest BCUT2D eigenvalue weighted by Gasteiger charge is 2.16. The van der Waals surface area contributed by atoms with Crippen molar-refractivity contribution in [3.05, 3.63) is 30.0 Å². The summed E-state index contributed by atoms with van der Waals surface area (Å²) in [6, 6.07) is 3.48. The van der Waals surface area contributed by atoms with Gasteiger partial charge in [-0.3, -0.25) is 0 Å². The van der Waals surface area contributed by atoms with E-state index < -0.39 is 0 Å². The number of pyridine rings is 1. The van der Waals surface area contributed by atoms with E-state index in [0.717, 1.165) is 35.3 Å². The van der Waals surface area contributed by atoms with Crippen LogP contribution in [0.1, 0.15) is 12.0 Å². The van der Waals surface area contributed by atoms with Crippen LogP contribution in [0.3, 0.4) is 0 Å². The molecule has 5 nitrogen and oxygen atoms in total. The van der Waals surface area contributed by atoms with Gasteiger partial charge in [-0.2, -0.15) is 4.73 Å². The second-order valence-corrected chi connectivity index (χ2v) is 4.73. The molecule has 0 spiro atoms. The fourth-order valence-electron chi connectivity index (χ4n) is 2.35. The Hall–Kier alpha value is -2.01. The van der Waals surface area contributed by atoms with E-state index in [0.29, 0.717) is 11.3 Å². The smallest absolute Gasteiger partial charge is 0.124 e. The molecule has 3 rings (SSSR count).